The Morgan fingerprint density at radius 2 is 2.26 bits per heavy atom. The number of para-hydroxylation sites is 1. The van der Waals surface area contributed by atoms with Gasteiger partial charge < -0.3 is 9.84 Å². The smallest absolute Gasteiger partial charge is 0.165 e. The lowest BCUT2D eigenvalue weighted by Gasteiger charge is -2.51. The van der Waals surface area contributed by atoms with E-state index in [4.69, 9.17) is 4.74 Å². The molecule has 0 amide bonds. The van der Waals surface area contributed by atoms with Gasteiger partial charge in [-0.2, -0.15) is 0 Å². The molecule has 0 bridgehead atoms. The normalized spacial score (nSPS) is 32.4. The Balaban J connectivity index is 1.66. The first-order valence-corrected chi connectivity index (χ1v) is 8.96. The van der Waals surface area contributed by atoms with Crippen molar-refractivity contribution in [2.24, 2.45) is 5.92 Å². The lowest BCUT2D eigenvalue weighted by Crippen LogP contribution is -2.56. The SMILES string of the molecule is CC(C)=CCN1CCC23c4cccc(O)c4OC2CCCC3C1. The van der Waals surface area contributed by atoms with Crippen molar-refractivity contribution in [2.45, 2.75) is 51.0 Å². The van der Waals surface area contributed by atoms with Crippen LogP contribution in [-0.4, -0.2) is 35.7 Å². The molecule has 1 N–H and O–H groups in total. The van der Waals surface area contributed by atoms with Crippen molar-refractivity contribution in [3.05, 3.63) is 35.4 Å². The van der Waals surface area contributed by atoms with Gasteiger partial charge >= 0.3 is 0 Å². The van der Waals surface area contributed by atoms with Gasteiger partial charge in [-0.25, -0.2) is 0 Å². The monoisotopic (exact) mass is 313 g/mol. The molecule has 1 aromatic rings. The van der Waals surface area contributed by atoms with Crippen LogP contribution in [0.3, 0.4) is 0 Å². The Kier molecular flexibility index (Phi) is 3.64. The molecule has 3 heteroatoms. The standard InChI is InChI=1S/C20H27NO2/c1-14(2)9-11-21-12-10-20-15(13-21)5-3-8-18(20)23-19-16(20)6-4-7-17(19)22/h4,6-7,9,15,18,22H,3,5,8,10-13H2,1-2H3. The van der Waals surface area contributed by atoms with E-state index in [0.717, 1.165) is 38.2 Å². The number of phenolic OH excluding ortho intramolecular Hbond substituents is 1. The second-order valence-corrected chi connectivity index (χ2v) is 7.72. The average Bonchev–Trinajstić information content (AvgIpc) is 2.87. The van der Waals surface area contributed by atoms with Crippen LogP contribution < -0.4 is 4.74 Å². The van der Waals surface area contributed by atoms with Crippen LogP contribution in [0.4, 0.5) is 0 Å². The maximum Gasteiger partial charge on any atom is 0.165 e. The molecule has 1 spiro atoms. The lowest BCUT2D eigenvalue weighted by atomic mass is 9.58. The molecule has 3 unspecified atom stereocenters. The first-order valence-electron chi connectivity index (χ1n) is 8.96. The minimum atomic E-state index is 0.133. The van der Waals surface area contributed by atoms with E-state index in [0.29, 0.717) is 11.7 Å². The maximum atomic E-state index is 10.2. The molecule has 2 heterocycles. The summed E-state index contributed by atoms with van der Waals surface area (Å²) in [6, 6.07) is 5.93. The van der Waals surface area contributed by atoms with Crippen LogP contribution in [0.2, 0.25) is 0 Å². The van der Waals surface area contributed by atoms with E-state index in [2.05, 4.69) is 30.9 Å². The molecule has 4 rings (SSSR count). The molecule has 1 saturated carbocycles. The number of nitrogens with zero attached hydrogens (tertiary/aromatic N) is 1. The number of likely N-dealkylation sites (tertiary alicyclic amines) is 1. The minimum absolute atomic E-state index is 0.133. The van der Waals surface area contributed by atoms with Crippen LogP contribution in [-0.2, 0) is 5.41 Å². The number of ether oxygens (including phenoxy) is 1. The molecule has 1 aromatic carbocycles. The first kappa shape index (κ1) is 15.1. The topological polar surface area (TPSA) is 32.7 Å². The zero-order valence-corrected chi connectivity index (χ0v) is 14.2. The van der Waals surface area contributed by atoms with Crippen molar-refractivity contribution in [2.75, 3.05) is 19.6 Å². The predicted octanol–water partition coefficient (Wildman–Crippen LogP) is 3.86. The summed E-state index contributed by atoms with van der Waals surface area (Å²) in [4.78, 5) is 2.59. The van der Waals surface area contributed by atoms with Crippen LogP contribution >= 0.6 is 0 Å². The number of aromatic hydroxyl groups is 1. The van der Waals surface area contributed by atoms with Gasteiger partial charge in [-0.05, 0) is 58.1 Å². The van der Waals surface area contributed by atoms with E-state index >= 15 is 0 Å². The molecule has 1 aliphatic carbocycles. The van der Waals surface area contributed by atoms with Crippen molar-refractivity contribution >= 4 is 0 Å². The third kappa shape index (κ3) is 2.28. The number of phenols is 1. The van der Waals surface area contributed by atoms with E-state index < -0.39 is 0 Å². The van der Waals surface area contributed by atoms with Crippen molar-refractivity contribution in [1.29, 1.82) is 0 Å². The molecule has 0 aromatic heterocycles. The van der Waals surface area contributed by atoms with E-state index in [1.165, 1.54) is 24.0 Å². The van der Waals surface area contributed by atoms with Gasteiger partial charge in [0.2, 0.25) is 0 Å². The van der Waals surface area contributed by atoms with Crippen molar-refractivity contribution < 1.29 is 9.84 Å². The van der Waals surface area contributed by atoms with Gasteiger partial charge in [0.25, 0.3) is 0 Å². The van der Waals surface area contributed by atoms with E-state index in [-0.39, 0.29) is 11.5 Å². The zero-order chi connectivity index (χ0) is 16.0. The summed E-state index contributed by atoms with van der Waals surface area (Å²) in [5, 5.41) is 10.2. The highest BCUT2D eigenvalue weighted by Gasteiger charge is 2.57. The summed E-state index contributed by atoms with van der Waals surface area (Å²) in [5.74, 6) is 1.72. The summed E-state index contributed by atoms with van der Waals surface area (Å²) in [6.07, 6.45) is 7.38. The number of benzene rings is 1. The maximum absolute atomic E-state index is 10.2. The number of hydrogen-bond acceptors (Lipinski definition) is 3. The molecular formula is C20H27NO2. The van der Waals surface area contributed by atoms with Crippen LogP contribution in [0.15, 0.2) is 29.8 Å². The predicted molar refractivity (Wildman–Crippen MR) is 92.0 cm³/mol. The van der Waals surface area contributed by atoms with Gasteiger partial charge in [0.1, 0.15) is 6.10 Å². The molecule has 0 radical (unpaired) electrons. The number of allylic oxidation sites excluding steroid dienone is 1. The van der Waals surface area contributed by atoms with Crippen molar-refractivity contribution in [1.82, 2.24) is 4.90 Å². The summed E-state index contributed by atoms with van der Waals surface area (Å²) in [6.45, 7) is 7.68. The second-order valence-electron chi connectivity index (χ2n) is 7.72. The van der Waals surface area contributed by atoms with E-state index in [1.807, 2.05) is 6.07 Å². The highest BCUT2D eigenvalue weighted by Crippen LogP contribution is 2.58. The Labute approximate surface area is 139 Å². The van der Waals surface area contributed by atoms with Gasteiger partial charge in [0.15, 0.2) is 11.5 Å². The Bertz CT molecular complexity index is 635. The molecule has 3 aliphatic rings. The summed E-state index contributed by atoms with van der Waals surface area (Å²) in [7, 11) is 0. The Morgan fingerprint density at radius 3 is 3.09 bits per heavy atom. The summed E-state index contributed by atoms with van der Waals surface area (Å²) in [5.41, 5.74) is 2.80. The summed E-state index contributed by atoms with van der Waals surface area (Å²) < 4.78 is 6.25. The first-order chi connectivity index (χ1) is 11.1. The van der Waals surface area contributed by atoms with Crippen molar-refractivity contribution in [3.8, 4) is 11.5 Å². The molecule has 23 heavy (non-hydrogen) atoms. The van der Waals surface area contributed by atoms with E-state index in [1.54, 1.807) is 6.07 Å². The molecular weight excluding hydrogens is 286 g/mol. The fraction of sp³-hybridized carbons (Fsp3) is 0.600. The second kappa shape index (κ2) is 5.55. The zero-order valence-electron chi connectivity index (χ0n) is 14.2. The minimum Gasteiger partial charge on any atom is -0.504 e. The molecule has 2 aliphatic heterocycles. The highest BCUT2D eigenvalue weighted by atomic mass is 16.5. The molecule has 124 valence electrons. The Morgan fingerprint density at radius 1 is 1.39 bits per heavy atom. The fourth-order valence-corrected chi connectivity index (χ4v) is 5.02. The van der Waals surface area contributed by atoms with Crippen LogP contribution in [0.5, 0.6) is 11.5 Å². The quantitative estimate of drug-likeness (QED) is 0.842. The van der Waals surface area contributed by atoms with Gasteiger partial charge in [0, 0.05) is 24.1 Å². The largest absolute Gasteiger partial charge is 0.504 e. The van der Waals surface area contributed by atoms with Gasteiger partial charge in [0.05, 0.1) is 0 Å². The highest BCUT2D eigenvalue weighted by molar-refractivity contribution is 5.54. The van der Waals surface area contributed by atoms with Gasteiger partial charge in [-0.15, -0.1) is 0 Å². The fourth-order valence-electron chi connectivity index (χ4n) is 5.02. The summed E-state index contributed by atoms with van der Waals surface area (Å²) >= 11 is 0. The van der Waals surface area contributed by atoms with Crippen LogP contribution in [0, 0.1) is 5.92 Å². The molecule has 1 saturated heterocycles. The number of fused-ring (bicyclic) bond motifs is 1. The third-order valence-corrected chi connectivity index (χ3v) is 6.16. The van der Waals surface area contributed by atoms with Gasteiger partial charge in [-0.1, -0.05) is 23.8 Å². The van der Waals surface area contributed by atoms with Crippen molar-refractivity contribution in [3.63, 3.8) is 0 Å². The number of piperidine rings is 1. The average molecular weight is 313 g/mol. The molecule has 3 atom stereocenters. The lowest BCUT2D eigenvalue weighted by molar-refractivity contribution is -0.00414. The Hall–Kier alpha value is -1.48. The number of hydrogen-bond donors (Lipinski definition) is 1. The third-order valence-electron chi connectivity index (χ3n) is 6.16. The molecule has 3 nitrogen and oxygen atoms in total. The van der Waals surface area contributed by atoms with Crippen LogP contribution in [0.1, 0.15) is 45.1 Å². The van der Waals surface area contributed by atoms with Gasteiger partial charge in [-0.3, -0.25) is 4.90 Å². The van der Waals surface area contributed by atoms with E-state index in [9.17, 15) is 5.11 Å². The number of rotatable bonds is 2. The van der Waals surface area contributed by atoms with Crippen LogP contribution in [0.25, 0.3) is 0 Å². The molecule has 2 fully saturated rings.